The number of hydrogen-bond donors (Lipinski definition) is 1. The molecule has 0 aliphatic rings. The van der Waals surface area contributed by atoms with Crippen molar-refractivity contribution in [2.75, 3.05) is 5.73 Å². The molecule has 0 saturated carbocycles. The third kappa shape index (κ3) is 1.81. The summed E-state index contributed by atoms with van der Waals surface area (Å²) in [6, 6.07) is 7.22. The Morgan fingerprint density at radius 3 is 2.85 bits per heavy atom. The lowest BCUT2D eigenvalue weighted by Crippen LogP contribution is -2.02. The molecule has 2 N–H and O–H groups in total. The smallest absolute Gasteiger partial charge is 0.337 e. The molecule has 0 amide bonds. The van der Waals surface area contributed by atoms with Gasteiger partial charge in [0, 0.05) is 23.3 Å². The van der Waals surface area contributed by atoms with Crippen LogP contribution in [0.3, 0.4) is 0 Å². The number of nitrogens with two attached hydrogens (primary N) is 1. The molecule has 0 aliphatic heterocycles. The van der Waals surface area contributed by atoms with Gasteiger partial charge in [-0.2, -0.15) is 0 Å². The van der Waals surface area contributed by atoms with Crippen LogP contribution < -0.4 is 5.73 Å². The molecule has 0 atom stereocenters. The van der Waals surface area contributed by atoms with Crippen LogP contribution in [-0.4, -0.2) is 19.9 Å². The van der Waals surface area contributed by atoms with E-state index in [0.717, 1.165) is 10.8 Å². The number of pyridine rings is 1. The van der Waals surface area contributed by atoms with Crippen LogP contribution in [0.2, 0.25) is 0 Å². The van der Waals surface area contributed by atoms with E-state index in [9.17, 15) is 10.1 Å². The van der Waals surface area contributed by atoms with Gasteiger partial charge in [-0.15, -0.1) is 0 Å². The van der Waals surface area contributed by atoms with Crippen LogP contribution in [0.15, 0.2) is 43.0 Å². The maximum absolute atomic E-state index is 11.2. The van der Waals surface area contributed by atoms with Gasteiger partial charge in [0.1, 0.15) is 6.33 Å². The Morgan fingerprint density at radius 1 is 1.20 bits per heavy atom. The first kappa shape index (κ1) is 12.0. The van der Waals surface area contributed by atoms with E-state index in [-0.39, 0.29) is 17.2 Å². The van der Waals surface area contributed by atoms with Crippen molar-refractivity contribution in [3.63, 3.8) is 0 Å². The zero-order valence-corrected chi connectivity index (χ0v) is 10.2. The van der Waals surface area contributed by atoms with Crippen LogP contribution in [-0.2, 0) is 0 Å². The first-order valence-corrected chi connectivity index (χ1v) is 5.76. The van der Waals surface area contributed by atoms with Crippen molar-refractivity contribution in [1.82, 2.24) is 15.0 Å². The Balaban J connectivity index is 2.37. The zero-order valence-electron chi connectivity index (χ0n) is 10.2. The second kappa shape index (κ2) is 4.54. The van der Waals surface area contributed by atoms with Crippen molar-refractivity contribution in [1.29, 1.82) is 0 Å². The van der Waals surface area contributed by atoms with Gasteiger partial charge >= 0.3 is 5.69 Å². The van der Waals surface area contributed by atoms with Gasteiger partial charge in [-0.1, -0.05) is 18.2 Å². The number of nitrogen functional groups attached to an aromatic ring is 1. The van der Waals surface area contributed by atoms with Crippen LogP contribution in [0, 0.1) is 10.1 Å². The number of fused-ring (bicyclic) bond motifs is 1. The van der Waals surface area contributed by atoms with Crippen LogP contribution in [0.25, 0.3) is 22.0 Å². The SMILES string of the molecule is Nc1ncnc(-c2cccc3cnccc23)c1[N+](=O)[O-]. The van der Waals surface area contributed by atoms with Crippen molar-refractivity contribution in [2.45, 2.75) is 0 Å². The average molecular weight is 267 g/mol. The molecule has 0 aliphatic carbocycles. The highest BCUT2D eigenvalue weighted by Gasteiger charge is 2.23. The summed E-state index contributed by atoms with van der Waals surface area (Å²) in [5.74, 6) is -0.147. The molecule has 1 aromatic carbocycles. The third-order valence-corrected chi connectivity index (χ3v) is 2.97. The Hall–Kier alpha value is -3.09. The molecular weight excluding hydrogens is 258 g/mol. The Morgan fingerprint density at radius 2 is 2.05 bits per heavy atom. The highest BCUT2D eigenvalue weighted by molar-refractivity contribution is 5.97. The van der Waals surface area contributed by atoms with Gasteiger partial charge in [-0.05, 0) is 11.5 Å². The van der Waals surface area contributed by atoms with E-state index in [4.69, 9.17) is 5.73 Å². The summed E-state index contributed by atoms with van der Waals surface area (Å²) in [5, 5.41) is 12.9. The van der Waals surface area contributed by atoms with Crippen LogP contribution in [0.4, 0.5) is 11.5 Å². The fourth-order valence-electron chi connectivity index (χ4n) is 2.10. The molecular formula is C13H9N5O2. The van der Waals surface area contributed by atoms with Gasteiger partial charge in [0.15, 0.2) is 5.69 Å². The topological polar surface area (TPSA) is 108 Å². The van der Waals surface area contributed by atoms with Crippen molar-refractivity contribution in [3.8, 4) is 11.3 Å². The number of rotatable bonds is 2. The lowest BCUT2D eigenvalue weighted by Gasteiger charge is -2.06. The molecule has 7 nitrogen and oxygen atoms in total. The summed E-state index contributed by atoms with van der Waals surface area (Å²) in [5.41, 5.74) is 6.16. The van der Waals surface area contributed by atoms with E-state index in [1.165, 1.54) is 6.33 Å². The zero-order chi connectivity index (χ0) is 14.1. The van der Waals surface area contributed by atoms with E-state index >= 15 is 0 Å². The van der Waals surface area contributed by atoms with Gasteiger partial charge in [-0.3, -0.25) is 15.1 Å². The first-order chi connectivity index (χ1) is 9.68. The second-order valence-corrected chi connectivity index (χ2v) is 4.12. The molecule has 20 heavy (non-hydrogen) atoms. The standard InChI is InChI=1S/C13H9N5O2/c14-13-12(18(19)20)11(16-7-17-13)10-3-1-2-8-6-15-5-4-9(8)10/h1-7H,(H2,14,16,17). The fraction of sp³-hybridized carbons (Fsp3) is 0. The lowest BCUT2D eigenvalue weighted by molar-refractivity contribution is -0.383. The van der Waals surface area contributed by atoms with Gasteiger partial charge in [0.2, 0.25) is 5.82 Å². The van der Waals surface area contributed by atoms with Crippen molar-refractivity contribution >= 4 is 22.3 Å². The van der Waals surface area contributed by atoms with E-state index in [1.54, 1.807) is 30.6 Å². The summed E-state index contributed by atoms with van der Waals surface area (Å²) >= 11 is 0. The normalized spacial score (nSPS) is 10.6. The van der Waals surface area contributed by atoms with Crippen LogP contribution in [0.5, 0.6) is 0 Å². The largest absolute Gasteiger partial charge is 0.378 e. The molecule has 3 aromatic rings. The molecule has 0 unspecified atom stereocenters. The quantitative estimate of drug-likeness (QED) is 0.563. The minimum atomic E-state index is -0.565. The van der Waals surface area contributed by atoms with E-state index in [2.05, 4.69) is 15.0 Å². The van der Waals surface area contributed by atoms with E-state index < -0.39 is 4.92 Å². The molecule has 98 valence electrons. The first-order valence-electron chi connectivity index (χ1n) is 5.76. The summed E-state index contributed by atoms with van der Waals surface area (Å²) in [6.45, 7) is 0. The molecule has 2 aromatic heterocycles. The molecule has 7 heteroatoms. The Labute approximate surface area is 113 Å². The predicted octanol–water partition coefficient (Wildman–Crippen LogP) is 2.18. The summed E-state index contributed by atoms with van der Waals surface area (Å²) < 4.78 is 0. The van der Waals surface area contributed by atoms with Gasteiger partial charge in [0.25, 0.3) is 0 Å². The van der Waals surface area contributed by atoms with Crippen molar-refractivity contribution in [2.24, 2.45) is 0 Å². The number of nitro groups is 1. The fourth-order valence-corrected chi connectivity index (χ4v) is 2.10. The monoisotopic (exact) mass is 267 g/mol. The summed E-state index contributed by atoms with van der Waals surface area (Å²) in [7, 11) is 0. The highest BCUT2D eigenvalue weighted by Crippen LogP contribution is 2.34. The number of anilines is 1. The maximum atomic E-state index is 11.2. The lowest BCUT2D eigenvalue weighted by atomic mass is 10.0. The van der Waals surface area contributed by atoms with E-state index in [0.29, 0.717) is 5.56 Å². The molecule has 0 radical (unpaired) electrons. The number of nitrogens with zero attached hydrogens (tertiary/aromatic N) is 4. The Bertz CT molecular complexity index is 813. The summed E-state index contributed by atoms with van der Waals surface area (Å²) in [6.07, 6.45) is 4.54. The van der Waals surface area contributed by atoms with Gasteiger partial charge in [0.05, 0.1) is 4.92 Å². The van der Waals surface area contributed by atoms with Crippen molar-refractivity contribution < 1.29 is 4.92 Å². The third-order valence-electron chi connectivity index (χ3n) is 2.97. The van der Waals surface area contributed by atoms with Crippen LogP contribution >= 0.6 is 0 Å². The number of hydrogen-bond acceptors (Lipinski definition) is 6. The average Bonchev–Trinajstić information content (AvgIpc) is 2.46. The molecule has 0 spiro atoms. The Kier molecular flexibility index (Phi) is 2.72. The molecule has 0 fully saturated rings. The minimum Gasteiger partial charge on any atom is -0.378 e. The summed E-state index contributed by atoms with van der Waals surface area (Å²) in [4.78, 5) is 22.4. The molecule has 2 heterocycles. The predicted molar refractivity (Wildman–Crippen MR) is 73.8 cm³/mol. The minimum absolute atomic E-state index is 0.147. The highest BCUT2D eigenvalue weighted by atomic mass is 16.6. The van der Waals surface area contributed by atoms with Gasteiger partial charge in [-0.25, -0.2) is 9.97 Å². The second-order valence-electron chi connectivity index (χ2n) is 4.12. The maximum Gasteiger partial charge on any atom is 0.337 e. The van der Waals surface area contributed by atoms with E-state index in [1.807, 2.05) is 6.07 Å². The number of aromatic nitrogens is 3. The molecule has 3 rings (SSSR count). The van der Waals surface area contributed by atoms with Crippen LogP contribution in [0.1, 0.15) is 0 Å². The molecule has 0 saturated heterocycles. The van der Waals surface area contributed by atoms with Crippen molar-refractivity contribution in [3.05, 3.63) is 53.1 Å². The molecule has 0 bridgehead atoms. The number of benzene rings is 1. The van der Waals surface area contributed by atoms with Gasteiger partial charge < -0.3 is 5.73 Å².